The van der Waals surface area contributed by atoms with Crippen molar-refractivity contribution in [1.82, 2.24) is 10.3 Å². The summed E-state index contributed by atoms with van der Waals surface area (Å²) in [6, 6.07) is 7.63. The van der Waals surface area contributed by atoms with Crippen LogP contribution in [0.3, 0.4) is 0 Å². The molecule has 1 aromatic carbocycles. The number of likely N-dealkylation sites (N-methyl/N-ethyl adjacent to an activating group) is 1. The number of aromatic hydroxyl groups is 1. The van der Waals surface area contributed by atoms with E-state index in [-0.39, 0.29) is 10.8 Å². The number of nitrogens with one attached hydrogen (secondary N) is 2. The van der Waals surface area contributed by atoms with E-state index >= 15 is 0 Å². The van der Waals surface area contributed by atoms with Crippen LogP contribution in [0.25, 0.3) is 0 Å². The van der Waals surface area contributed by atoms with Crippen LogP contribution in [0.5, 0.6) is 11.6 Å². The highest BCUT2D eigenvalue weighted by Crippen LogP contribution is 2.21. The minimum absolute atomic E-state index is 0.0376. The first-order chi connectivity index (χ1) is 9.19. The van der Waals surface area contributed by atoms with Crippen molar-refractivity contribution in [3.8, 4) is 11.6 Å². The maximum absolute atomic E-state index is 11.1. The molecule has 2 aromatic rings. The molecule has 1 heterocycles. The Morgan fingerprint density at radius 3 is 2.68 bits per heavy atom. The first kappa shape index (κ1) is 13.6. The number of benzene rings is 1. The van der Waals surface area contributed by atoms with E-state index in [2.05, 4.69) is 10.3 Å². The Morgan fingerprint density at radius 2 is 2.11 bits per heavy atom. The van der Waals surface area contributed by atoms with E-state index in [4.69, 9.17) is 4.74 Å². The number of aromatic nitrogens is 1. The highest BCUT2D eigenvalue weighted by molar-refractivity contribution is 7.09. The zero-order valence-electron chi connectivity index (χ0n) is 10.6. The molecule has 0 spiro atoms. The van der Waals surface area contributed by atoms with E-state index < -0.39 is 0 Å². The van der Waals surface area contributed by atoms with Gasteiger partial charge in [-0.2, -0.15) is 0 Å². The fourth-order valence-corrected chi connectivity index (χ4v) is 2.39. The van der Waals surface area contributed by atoms with Gasteiger partial charge in [-0.3, -0.25) is 9.78 Å². The molecule has 0 unspecified atom stereocenters. The highest BCUT2D eigenvalue weighted by Gasteiger charge is 2.07. The van der Waals surface area contributed by atoms with E-state index in [0.717, 1.165) is 29.2 Å². The quantitative estimate of drug-likeness (QED) is 0.698. The number of H-pyrrole nitrogens is 1. The Kier molecular flexibility index (Phi) is 4.59. The van der Waals surface area contributed by atoms with Crippen LogP contribution in [0.15, 0.2) is 29.1 Å². The molecule has 0 aliphatic carbocycles. The third-order valence-corrected chi connectivity index (χ3v) is 3.48. The SMILES string of the molecule is CNCCOc1ccc(Cc2sc(=O)[nH]c2O)cc1. The van der Waals surface area contributed by atoms with Crippen LogP contribution in [0.2, 0.25) is 0 Å². The summed E-state index contributed by atoms with van der Waals surface area (Å²) in [7, 11) is 1.88. The van der Waals surface area contributed by atoms with Crippen molar-refractivity contribution >= 4 is 11.3 Å². The van der Waals surface area contributed by atoms with Crippen molar-refractivity contribution in [2.24, 2.45) is 0 Å². The van der Waals surface area contributed by atoms with Gasteiger partial charge in [0.1, 0.15) is 12.4 Å². The Hall–Kier alpha value is -1.79. The summed E-state index contributed by atoms with van der Waals surface area (Å²) in [5.74, 6) is 0.773. The van der Waals surface area contributed by atoms with Gasteiger partial charge in [0, 0.05) is 13.0 Å². The van der Waals surface area contributed by atoms with Crippen molar-refractivity contribution < 1.29 is 9.84 Å². The van der Waals surface area contributed by atoms with E-state index in [0.29, 0.717) is 17.9 Å². The molecule has 0 radical (unpaired) electrons. The lowest BCUT2D eigenvalue weighted by molar-refractivity contribution is 0.318. The van der Waals surface area contributed by atoms with Gasteiger partial charge in [-0.15, -0.1) is 0 Å². The molecule has 0 saturated carbocycles. The van der Waals surface area contributed by atoms with Gasteiger partial charge in [-0.25, -0.2) is 0 Å². The number of ether oxygens (including phenoxy) is 1. The molecule has 19 heavy (non-hydrogen) atoms. The normalized spacial score (nSPS) is 10.6. The number of aromatic amines is 1. The highest BCUT2D eigenvalue weighted by atomic mass is 32.1. The van der Waals surface area contributed by atoms with Gasteiger partial charge in [0.25, 0.3) is 0 Å². The lowest BCUT2D eigenvalue weighted by Gasteiger charge is -2.06. The summed E-state index contributed by atoms with van der Waals surface area (Å²) < 4.78 is 5.51. The molecule has 5 nitrogen and oxygen atoms in total. The van der Waals surface area contributed by atoms with Crippen LogP contribution in [0.1, 0.15) is 10.4 Å². The summed E-state index contributed by atoms with van der Waals surface area (Å²) in [6.45, 7) is 1.42. The fraction of sp³-hybridized carbons (Fsp3) is 0.308. The molecular weight excluding hydrogens is 264 g/mol. The van der Waals surface area contributed by atoms with Crippen LogP contribution in [-0.2, 0) is 6.42 Å². The zero-order chi connectivity index (χ0) is 13.7. The van der Waals surface area contributed by atoms with Gasteiger partial charge >= 0.3 is 4.87 Å². The van der Waals surface area contributed by atoms with Crippen molar-refractivity contribution in [2.45, 2.75) is 6.42 Å². The summed E-state index contributed by atoms with van der Waals surface area (Å²) in [5.41, 5.74) is 1.02. The van der Waals surface area contributed by atoms with Gasteiger partial charge in [0.05, 0.1) is 4.88 Å². The van der Waals surface area contributed by atoms with E-state index in [9.17, 15) is 9.90 Å². The standard InChI is InChI=1S/C13H16N2O3S/c1-14-6-7-18-10-4-2-9(3-5-10)8-11-12(16)15-13(17)19-11/h2-5,14,16H,6-8H2,1H3,(H,15,17). The van der Waals surface area contributed by atoms with Gasteiger partial charge < -0.3 is 15.2 Å². The van der Waals surface area contributed by atoms with Crippen LogP contribution in [0, 0.1) is 0 Å². The molecule has 0 bridgehead atoms. The second-order valence-corrected chi connectivity index (χ2v) is 5.13. The number of thiazole rings is 1. The molecule has 0 saturated heterocycles. The number of hydrogen-bond acceptors (Lipinski definition) is 5. The minimum Gasteiger partial charge on any atom is -0.494 e. The Morgan fingerprint density at radius 1 is 1.37 bits per heavy atom. The molecule has 0 aliphatic heterocycles. The molecule has 0 aliphatic rings. The first-order valence-corrected chi connectivity index (χ1v) is 6.78. The van der Waals surface area contributed by atoms with E-state index in [1.54, 1.807) is 0 Å². The van der Waals surface area contributed by atoms with Crippen molar-refractivity contribution in [3.63, 3.8) is 0 Å². The van der Waals surface area contributed by atoms with Crippen molar-refractivity contribution in [1.29, 1.82) is 0 Å². The smallest absolute Gasteiger partial charge is 0.307 e. The van der Waals surface area contributed by atoms with Crippen LogP contribution < -0.4 is 14.9 Å². The van der Waals surface area contributed by atoms with Crippen LogP contribution in [-0.4, -0.2) is 30.3 Å². The number of rotatable bonds is 6. The largest absolute Gasteiger partial charge is 0.494 e. The molecule has 0 amide bonds. The zero-order valence-corrected chi connectivity index (χ0v) is 11.4. The van der Waals surface area contributed by atoms with Gasteiger partial charge in [-0.05, 0) is 24.7 Å². The van der Waals surface area contributed by atoms with E-state index in [1.165, 1.54) is 0 Å². The second kappa shape index (κ2) is 6.40. The molecule has 1 aromatic heterocycles. The van der Waals surface area contributed by atoms with Gasteiger partial charge in [0.15, 0.2) is 0 Å². The molecule has 0 fully saturated rings. The topological polar surface area (TPSA) is 74.3 Å². The third-order valence-electron chi connectivity index (χ3n) is 2.61. The average Bonchev–Trinajstić information content (AvgIpc) is 2.70. The molecular formula is C13H16N2O3S. The lowest BCUT2D eigenvalue weighted by Crippen LogP contribution is -2.15. The molecule has 3 N–H and O–H groups in total. The first-order valence-electron chi connectivity index (χ1n) is 5.96. The lowest BCUT2D eigenvalue weighted by atomic mass is 10.1. The summed E-state index contributed by atoms with van der Waals surface area (Å²) in [4.78, 5) is 13.9. The van der Waals surface area contributed by atoms with Gasteiger partial charge in [-0.1, -0.05) is 23.5 Å². The maximum atomic E-state index is 11.1. The molecule has 6 heteroatoms. The predicted octanol–water partition coefficient (Wildman–Crippen LogP) is 1.33. The van der Waals surface area contributed by atoms with Gasteiger partial charge in [0.2, 0.25) is 5.88 Å². The Balaban J connectivity index is 1.98. The van der Waals surface area contributed by atoms with Crippen molar-refractivity contribution in [3.05, 3.63) is 44.4 Å². The third kappa shape index (κ3) is 3.84. The average molecular weight is 280 g/mol. The maximum Gasteiger partial charge on any atom is 0.307 e. The van der Waals surface area contributed by atoms with Crippen molar-refractivity contribution in [2.75, 3.05) is 20.2 Å². The number of hydrogen-bond donors (Lipinski definition) is 3. The summed E-state index contributed by atoms with van der Waals surface area (Å²) in [5, 5.41) is 12.5. The monoisotopic (exact) mass is 280 g/mol. The fourth-order valence-electron chi connectivity index (χ4n) is 1.63. The minimum atomic E-state index is -0.237. The predicted molar refractivity (Wildman–Crippen MR) is 75.3 cm³/mol. The van der Waals surface area contributed by atoms with Crippen LogP contribution >= 0.6 is 11.3 Å². The Labute approximate surface area is 114 Å². The Bertz CT molecular complexity index is 574. The van der Waals surface area contributed by atoms with E-state index in [1.807, 2.05) is 31.3 Å². The second-order valence-electron chi connectivity index (χ2n) is 4.06. The summed E-state index contributed by atoms with van der Waals surface area (Å²) >= 11 is 1.03. The molecule has 0 atom stereocenters. The van der Waals surface area contributed by atoms with Crippen LogP contribution in [0.4, 0.5) is 0 Å². The molecule has 2 rings (SSSR count). The molecule has 102 valence electrons. The summed E-state index contributed by atoms with van der Waals surface area (Å²) in [6.07, 6.45) is 0.534.